The van der Waals surface area contributed by atoms with Crippen LogP contribution < -0.4 is 15.7 Å². The molecule has 8 heteroatoms. The quantitative estimate of drug-likeness (QED) is 0.203. The van der Waals surface area contributed by atoms with Crippen LogP contribution in [-0.4, -0.2) is 56.7 Å². The summed E-state index contributed by atoms with van der Waals surface area (Å²) in [6.45, 7) is 3.67. The number of hydrogen-bond acceptors (Lipinski definition) is 6. The number of hydrogen-bond donors (Lipinski definition) is 3. The topological polar surface area (TPSA) is 100 Å². The van der Waals surface area contributed by atoms with Gasteiger partial charge in [-0.05, 0) is 48.2 Å². The van der Waals surface area contributed by atoms with Crippen LogP contribution in [0.1, 0.15) is 35.7 Å². The van der Waals surface area contributed by atoms with Crippen LogP contribution in [0.25, 0.3) is 5.57 Å². The summed E-state index contributed by atoms with van der Waals surface area (Å²) in [5, 5.41) is 11.8. The first-order chi connectivity index (χ1) is 16.5. The van der Waals surface area contributed by atoms with E-state index in [2.05, 4.69) is 40.6 Å². The van der Waals surface area contributed by atoms with Gasteiger partial charge in [-0.15, -0.1) is 0 Å². The number of amides is 2. The maximum Gasteiger partial charge on any atom is 0.251 e. The van der Waals surface area contributed by atoms with Crippen molar-refractivity contribution in [2.45, 2.75) is 25.8 Å². The Morgan fingerprint density at radius 3 is 2.47 bits per heavy atom. The number of carbonyl (C=O) groups excluding carboxylic acids is 2. The summed E-state index contributed by atoms with van der Waals surface area (Å²) < 4.78 is 10.3. The van der Waals surface area contributed by atoms with Crippen molar-refractivity contribution in [2.75, 3.05) is 38.5 Å². The summed E-state index contributed by atoms with van der Waals surface area (Å²) in [6, 6.07) is 17.5. The molecule has 2 aromatic rings. The highest BCUT2D eigenvalue weighted by Gasteiger charge is 2.21. The molecule has 2 unspecified atom stereocenters. The third-order valence-electron chi connectivity index (χ3n) is 5.90. The maximum absolute atomic E-state index is 12.8. The van der Waals surface area contributed by atoms with Gasteiger partial charge in [0.15, 0.2) is 0 Å². The molecule has 0 saturated carbocycles. The second-order valence-electron chi connectivity index (χ2n) is 8.40. The second-order valence-corrected chi connectivity index (χ2v) is 8.40. The van der Waals surface area contributed by atoms with Crippen molar-refractivity contribution < 1.29 is 24.3 Å². The molecule has 182 valence electrons. The van der Waals surface area contributed by atoms with Gasteiger partial charge in [-0.2, -0.15) is 0 Å². The number of nitrogens with zero attached hydrogens (tertiary/aromatic N) is 1. The van der Waals surface area contributed by atoms with Crippen molar-refractivity contribution in [1.82, 2.24) is 10.8 Å². The summed E-state index contributed by atoms with van der Waals surface area (Å²) in [4.78, 5) is 26.8. The van der Waals surface area contributed by atoms with E-state index in [-0.39, 0.29) is 19.3 Å². The Morgan fingerprint density at radius 1 is 1.12 bits per heavy atom. The van der Waals surface area contributed by atoms with Crippen molar-refractivity contribution >= 4 is 23.1 Å². The molecule has 2 aromatic carbocycles. The third kappa shape index (κ3) is 7.15. The van der Waals surface area contributed by atoms with E-state index >= 15 is 0 Å². The minimum atomic E-state index is -0.513. The van der Waals surface area contributed by atoms with Crippen molar-refractivity contribution in [3.05, 3.63) is 71.8 Å². The number of benzene rings is 2. The van der Waals surface area contributed by atoms with Gasteiger partial charge >= 0.3 is 0 Å². The summed E-state index contributed by atoms with van der Waals surface area (Å²) in [6.07, 6.45) is 3.53. The van der Waals surface area contributed by atoms with Gasteiger partial charge in [-0.25, -0.2) is 5.48 Å². The van der Waals surface area contributed by atoms with Gasteiger partial charge in [0.25, 0.3) is 5.91 Å². The Kier molecular flexibility index (Phi) is 9.63. The summed E-state index contributed by atoms with van der Waals surface area (Å²) >= 11 is 0. The summed E-state index contributed by atoms with van der Waals surface area (Å²) in [7, 11) is 1.51. The lowest BCUT2D eigenvalue weighted by Gasteiger charge is -2.29. The van der Waals surface area contributed by atoms with Gasteiger partial charge in [0.05, 0.1) is 12.6 Å². The molecule has 1 aliphatic rings. The lowest BCUT2D eigenvalue weighted by atomic mass is 9.99. The molecule has 0 fully saturated rings. The van der Waals surface area contributed by atoms with Crippen LogP contribution in [0, 0.1) is 5.92 Å². The zero-order valence-electron chi connectivity index (χ0n) is 19.7. The fourth-order valence-corrected chi connectivity index (χ4v) is 4.00. The van der Waals surface area contributed by atoms with Crippen molar-refractivity contribution in [3.63, 3.8) is 0 Å². The molecule has 34 heavy (non-hydrogen) atoms. The van der Waals surface area contributed by atoms with Crippen LogP contribution >= 0.6 is 0 Å². The normalized spacial score (nSPS) is 15.3. The largest absolute Gasteiger partial charge is 0.367 e. The molecule has 8 nitrogen and oxygen atoms in total. The lowest BCUT2D eigenvalue weighted by molar-refractivity contribution is -0.133. The van der Waals surface area contributed by atoms with E-state index in [0.29, 0.717) is 12.0 Å². The molecule has 2 atom stereocenters. The van der Waals surface area contributed by atoms with E-state index in [1.807, 2.05) is 18.2 Å². The van der Waals surface area contributed by atoms with Crippen LogP contribution in [-0.2, 0) is 14.3 Å². The number of hydroxylamine groups is 1. The molecule has 0 aromatic heterocycles. The summed E-state index contributed by atoms with van der Waals surface area (Å²) in [5.41, 5.74) is 5.86. The molecule has 0 saturated heterocycles. The average molecular weight is 468 g/mol. The molecular formula is C26H33N3O5. The van der Waals surface area contributed by atoms with E-state index in [1.54, 1.807) is 24.5 Å². The van der Waals surface area contributed by atoms with Crippen molar-refractivity contribution in [2.24, 2.45) is 5.92 Å². The Morgan fingerprint density at radius 2 is 1.85 bits per heavy atom. The van der Waals surface area contributed by atoms with Crippen LogP contribution in [0.5, 0.6) is 0 Å². The van der Waals surface area contributed by atoms with Gasteiger partial charge < -0.3 is 19.7 Å². The zero-order chi connectivity index (χ0) is 24.3. The van der Waals surface area contributed by atoms with Crippen LogP contribution in [0.3, 0.4) is 0 Å². The smallest absolute Gasteiger partial charge is 0.251 e. The van der Waals surface area contributed by atoms with E-state index in [9.17, 15) is 9.59 Å². The zero-order valence-corrected chi connectivity index (χ0v) is 19.7. The molecule has 1 aliphatic heterocycles. The van der Waals surface area contributed by atoms with Crippen LogP contribution in [0.2, 0.25) is 0 Å². The van der Waals surface area contributed by atoms with Crippen LogP contribution in [0.15, 0.2) is 60.7 Å². The predicted octanol–water partition coefficient (Wildman–Crippen LogP) is 3.23. The first-order valence-corrected chi connectivity index (χ1v) is 11.4. The van der Waals surface area contributed by atoms with Gasteiger partial charge in [-0.1, -0.05) is 43.3 Å². The molecule has 1 heterocycles. The predicted molar refractivity (Wildman–Crippen MR) is 130 cm³/mol. The molecule has 0 radical (unpaired) electrons. The standard InChI is InChI=1S/C26H33N3O5/c1-19(25(30)28-32)16-23(17-34-18-33-2)27-26(31)22-8-10-24(11-9-22)29-14-12-21(13-15-29)20-6-4-3-5-7-20/h3-12,19,23,32H,13-18H2,1-2H3,(H,27,31)(H,28,30). The summed E-state index contributed by atoms with van der Waals surface area (Å²) in [5.74, 6) is -1.27. The average Bonchev–Trinajstić information content (AvgIpc) is 2.89. The van der Waals surface area contributed by atoms with E-state index in [0.717, 1.165) is 25.2 Å². The molecule has 0 spiro atoms. The fraction of sp³-hybridized carbons (Fsp3) is 0.385. The number of rotatable bonds is 11. The Bertz CT molecular complexity index is 962. The molecule has 0 bridgehead atoms. The second kappa shape index (κ2) is 12.9. The first-order valence-electron chi connectivity index (χ1n) is 11.4. The highest BCUT2D eigenvalue weighted by Crippen LogP contribution is 2.25. The van der Waals surface area contributed by atoms with Crippen LogP contribution in [0.4, 0.5) is 5.69 Å². The number of methoxy groups -OCH3 is 1. The molecule has 0 aliphatic carbocycles. The van der Waals surface area contributed by atoms with Crippen molar-refractivity contribution in [3.8, 4) is 0 Å². The highest BCUT2D eigenvalue weighted by atomic mass is 16.7. The number of carbonyl (C=O) groups is 2. The first kappa shape index (κ1) is 25.4. The SMILES string of the molecule is COCOCC(CC(C)C(=O)NO)NC(=O)c1ccc(N2CC=C(c3ccccc3)CC2)cc1. The van der Waals surface area contributed by atoms with Gasteiger partial charge in [0, 0.05) is 37.4 Å². The molecule has 2 amide bonds. The van der Waals surface area contributed by atoms with Crippen molar-refractivity contribution in [1.29, 1.82) is 0 Å². The highest BCUT2D eigenvalue weighted by molar-refractivity contribution is 5.94. The third-order valence-corrected chi connectivity index (χ3v) is 5.90. The fourth-order valence-electron chi connectivity index (χ4n) is 4.00. The van der Waals surface area contributed by atoms with Gasteiger partial charge in [0.2, 0.25) is 5.91 Å². The Balaban J connectivity index is 1.59. The minimum Gasteiger partial charge on any atom is -0.367 e. The van der Waals surface area contributed by atoms with Gasteiger partial charge in [-0.3, -0.25) is 14.8 Å². The Hall–Kier alpha value is -3.20. The van der Waals surface area contributed by atoms with E-state index in [4.69, 9.17) is 14.7 Å². The molecule has 3 rings (SSSR count). The minimum absolute atomic E-state index is 0.0813. The number of nitrogens with one attached hydrogen (secondary N) is 2. The Labute approximate surface area is 200 Å². The number of ether oxygens (including phenoxy) is 2. The number of anilines is 1. The lowest BCUT2D eigenvalue weighted by Crippen LogP contribution is -2.41. The molecular weight excluding hydrogens is 434 g/mol. The van der Waals surface area contributed by atoms with E-state index in [1.165, 1.54) is 18.2 Å². The van der Waals surface area contributed by atoms with E-state index < -0.39 is 17.9 Å². The molecule has 3 N–H and O–H groups in total. The van der Waals surface area contributed by atoms with Gasteiger partial charge in [0.1, 0.15) is 6.79 Å². The monoisotopic (exact) mass is 467 g/mol. The maximum atomic E-state index is 12.8.